The van der Waals surface area contributed by atoms with E-state index in [2.05, 4.69) is 11.1 Å². The number of thiazole rings is 1. The van der Waals surface area contributed by atoms with Gasteiger partial charge in [-0.3, -0.25) is 0 Å². The predicted octanol–water partition coefficient (Wildman–Crippen LogP) is 3.96. The van der Waals surface area contributed by atoms with E-state index in [4.69, 9.17) is 9.47 Å². The lowest BCUT2D eigenvalue weighted by molar-refractivity contribution is 0.0531. The van der Waals surface area contributed by atoms with E-state index in [1.54, 1.807) is 26.0 Å². The molecule has 0 spiro atoms. The molecule has 0 amide bonds. The van der Waals surface area contributed by atoms with Gasteiger partial charge in [0.15, 0.2) is 0 Å². The monoisotopic (exact) mass is 330 g/mol. The van der Waals surface area contributed by atoms with Crippen LogP contribution in [0, 0.1) is 18.3 Å². The molecule has 1 heterocycles. The van der Waals surface area contributed by atoms with Crippen molar-refractivity contribution in [1.82, 2.24) is 4.98 Å². The molecule has 1 aromatic carbocycles. The lowest BCUT2D eigenvalue weighted by Gasteiger charge is -2.07. The van der Waals surface area contributed by atoms with Gasteiger partial charge < -0.3 is 9.47 Å². The van der Waals surface area contributed by atoms with E-state index in [1.165, 1.54) is 11.3 Å². The number of aryl methyl sites for hydroxylation is 1. The van der Waals surface area contributed by atoms with Gasteiger partial charge in [-0.15, -0.1) is 11.3 Å². The molecule has 0 aliphatic heterocycles. The molecule has 0 fully saturated rings. The predicted molar refractivity (Wildman–Crippen MR) is 88.7 cm³/mol. The highest BCUT2D eigenvalue weighted by atomic mass is 32.1. The lowest BCUT2D eigenvalue weighted by atomic mass is 10.1. The summed E-state index contributed by atoms with van der Waals surface area (Å²) in [5, 5.41) is 9.97. The second-order valence-corrected chi connectivity index (χ2v) is 5.82. The van der Waals surface area contributed by atoms with Crippen LogP contribution in [0.4, 0.5) is 0 Å². The second kappa shape index (κ2) is 7.75. The van der Waals surface area contributed by atoms with Crippen LogP contribution in [0.2, 0.25) is 0 Å². The SMILES string of the molecule is CCCOc1ccc(-c2nc(C)c(C(=O)OCC)s2)cc1C#N. The van der Waals surface area contributed by atoms with E-state index >= 15 is 0 Å². The number of nitrogens with zero attached hydrogens (tertiary/aromatic N) is 2. The van der Waals surface area contributed by atoms with Crippen molar-refractivity contribution in [3.05, 3.63) is 34.3 Å². The van der Waals surface area contributed by atoms with E-state index in [1.807, 2.05) is 13.0 Å². The van der Waals surface area contributed by atoms with Crippen LogP contribution in [0.15, 0.2) is 18.2 Å². The fraction of sp³-hybridized carbons (Fsp3) is 0.353. The fourth-order valence-electron chi connectivity index (χ4n) is 1.99. The molecule has 0 unspecified atom stereocenters. The summed E-state index contributed by atoms with van der Waals surface area (Å²) in [5.41, 5.74) is 1.88. The Morgan fingerprint density at radius 1 is 1.39 bits per heavy atom. The molecule has 1 aromatic heterocycles. The van der Waals surface area contributed by atoms with Crippen LogP contribution in [-0.2, 0) is 4.74 Å². The van der Waals surface area contributed by atoms with E-state index in [9.17, 15) is 10.1 Å². The smallest absolute Gasteiger partial charge is 0.350 e. The number of aromatic nitrogens is 1. The van der Waals surface area contributed by atoms with Crippen LogP contribution in [0.1, 0.15) is 41.2 Å². The van der Waals surface area contributed by atoms with Crippen LogP contribution in [-0.4, -0.2) is 24.2 Å². The van der Waals surface area contributed by atoms with Crippen molar-refractivity contribution in [3.63, 3.8) is 0 Å². The average molecular weight is 330 g/mol. The number of rotatable bonds is 6. The third-order valence-corrected chi connectivity index (χ3v) is 4.25. The summed E-state index contributed by atoms with van der Waals surface area (Å²) in [6.07, 6.45) is 0.876. The highest BCUT2D eigenvalue weighted by Gasteiger charge is 2.18. The first-order valence-corrected chi connectivity index (χ1v) is 8.24. The van der Waals surface area contributed by atoms with E-state index in [0.29, 0.717) is 40.1 Å². The molecule has 5 nitrogen and oxygen atoms in total. The van der Waals surface area contributed by atoms with Crippen LogP contribution in [0.25, 0.3) is 10.6 Å². The van der Waals surface area contributed by atoms with Crippen molar-refractivity contribution in [1.29, 1.82) is 5.26 Å². The molecule has 0 aliphatic carbocycles. The molecule has 0 bridgehead atoms. The number of carbonyl (C=O) groups excluding carboxylic acids is 1. The van der Waals surface area contributed by atoms with Crippen molar-refractivity contribution >= 4 is 17.3 Å². The fourth-order valence-corrected chi connectivity index (χ4v) is 2.95. The zero-order valence-corrected chi connectivity index (χ0v) is 14.2. The third-order valence-electron chi connectivity index (χ3n) is 3.07. The number of hydrogen-bond acceptors (Lipinski definition) is 6. The van der Waals surface area contributed by atoms with Gasteiger partial charge in [-0.1, -0.05) is 6.92 Å². The van der Waals surface area contributed by atoms with Crippen molar-refractivity contribution in [2.24, 2.45) is 0 Å². The van der Waals surface area contributed by atoms with Crippen molar-refractivity contribution in [3.8, 4) is 22.4 Å². The van der Waals surface area contributed by atoms with Gasteiger partial charge >= 0.3 is 5.97 Å². The Bertz CT molecular complexity index is 747. The maximum absolute atomic E-state index is 11.9. The Hall–Kier alpha value is -2.39. The van der Waals surface area contributed by atoms with Crippen LogP contribution in [0.5, 0.6) is 5.75 Å². The molecule has 0 saturated carbocycles. The number of benzene rings is 1. The van der Waals surface area contributed by atoms with Crippen LogP contribution in [0.3, 0.4) is 0 Å². The molecule has 0 radical (unpaired) electrons. The van der Waals surface area contributed by atoms with Crippen LogP contribution < -0.4 is 4.74 Å². The summed E-state index contributed by atoms with van der Waals surface area (Å²) in [7, 11) is 0. The lowest BCUT2D eigenvalue weighted by Crippen LogP contribution is -2.03. The van der Waals surface area contributed by atoms with Gasteiger partial charge in [-0.05, 0) is 38.5 Å². The maximum Gasteiger partial charge on any atom is 0.350 e. The quantitative estimate of drug-likeness (QED) is 0.750. The van der Waals surface area contributed by atoms with Crippen molar-refractivity contribution < 1.29 is 14.3 Å². The molecular formula is C17H18N2O3S. The standard InChI is InChI=1S/C17H18N2O3S/c1-4-8-22-14-7-6-12(9-13(14)10-18)16-19-11(3)15(23-16)17(20)21-5-2/h6-7,9H,4-5,8H2,1-3H3. The van der Waals surface area contributed by atoms with Gasteiger partial charge in [0.05, 0.1) is 24.5 Å². The molecule has 0 atom stereocenters. The van der Waals surface area contributed by atoms with Gasteiger partial charge in [-0.25, -0.2) is 9.78 Å². The Morgan fingerprint density at radius 2 is 2.17 bits per heavy atom. The first-order chi connectivity index (χ1) is 11.1. The van der Waals surface area contributed by atoms with Gasteiger partial charge in [0.1, 0.15) is 21.7 Å². The molecule has 6 heteroatoms. The van der Waals surface area contributed by atoms with Gasteiger partial charge in [0.2, 0.25) is 0 Å². The number of hydrogen-bond donors (Lipinski definition) is 0. The highest BCUT2D eigenvalue weighted by molar-refractivity contribution is 7.17. The summed E-state index contributed by atoms with van der Waals surface area (Å²) in [6.45, 7) is 6.44. The van der Waals surface area contributed by atoms with Crippen LogP contribution >= 0.6 is 11.3 Å². The Kier molecular flexibility index (Phi) is 5.72. The van der Waals surface area contributed by atoms with Gasteiger partial charge in [0, 0.05) is 5.56 Å². The summed E-state index contributed by atoms with van der Waals surface area (Å²) in [5.74, 6) is 0.203. The summed E-state index contributed by atoms with van der Waals surface area (Å²) in [6, 6.07) is 7.49. The number of carbonyl (C=O) groups is 1. The van der Waals surface area contributed by atoms with Crippen molar-refractivity contribution in [2.75, 3.05) is 13.2 Å². The number of esters is 1. The first kappa shape index (κ1) is 17.0. The normalized spacial score (nSPS) is 10.2. The highest BCUT2D eigenvalue weighted by Crippen LogP contribution is 2.31. The first-order valence-electron chi connectivity index (χ1n) is 7.42. The second-order valence-electron chi connectivity index (χ2n) is 4.83. The molecule has 2 aromatic rings. The van der Waals surface area contributed by atoms with Crippen molar-refractivity contribution in [2.45, 2.75) is 27.2 Å². The van der Waals surface area contributed by atoms with Gasteiger partial charge in [-0.2, -0.15) is 5.26 Å². The molecular weight excluding hydrogens is 312 g/mol. The molecule has 120 valence electrons. The largest absolute Gasteiger partial charge is 0.492 e. The minimum Gasteiger partial charge on any atom is -0.492 e. The Morgan fingerprint density at radius 3 is 2.83 bits per heavy atom. The Labute approximate surface area is 139 Å². The molecule has 0 aliphatic rings. The van der Waals surface area contributed by atoms with Gasteiger partial charge in [0.25, 0.3) is 0 Å². The van der Waals surface area contributed by atoms with E-state index < -0.39 is 0 Å². The third kappa shape index (κ3) is 3.88. The Balaban J connectivity index is 2.34. The van der Waals surface area contributed by atoms with E-state index in [-0.39, 0.29) is 5.97 Å². The summed E-state index contributed by atoms with van der Waals surface area (Å²) >= 11 is 1.27. The number of nitriles is 1. The number of ether oxygens (including phenoxy) is 2. The summed E-state index contributed by atoms with van der Waals surface area (Å²) < 4.78 is 10.6. The van der Waals surface area contributed by atoms with E-state index in [0.717, 1.165) is 12.0 Å². The minimum absolute atomic E-state index is 0.327. The zero-order valence-electron chi connectivity index (χ0n) is 13.4. The minimum atomic E-state index is -0.364. The molecule has 23 heavy (non-hydrogen) atoms. The topological polar surface area (TPSA) is 72.2 Å². The average Bonchev–Trinajstić information content (AvgIpc) is 2.95. The molecule has 2 rings (SSSR count). The summed E-state index contributed by atoms with van der Waals surface area (Å²) in [4.78, 5) is 16.8. The molecule has 0 N–H and O–H groups in total. The zero-order chi connectivity index (χ0) is 16.8. The molecule has 0 saturated heterocycles. The maximum atomic E-state index is 11.9.